The Morgan fingerprint density at radius 3 is 2.28 bits per heavy atom. The Bertz CT molecular complexity index is 477. The molecule has 0 bridgehead atoms. The first kappa shape index (κ1) is 14.1. The van der Waals surface area contributed by atoms with Crippen LogP contribution in [0.5, 0.6) is 0 Å². The van der Waals surface area contributed by atoms with Crippen LogP contribution < -0.4 is 5.73 Å². The highest BCUT2D eigenvalue weighted by molar-refractivity contribution is 6.03. The molecule has 1 unspecified atom stereocenters. The van der Waals surface area contributed by atoms with Crippen LogP contribution in [0.25, 0.3) is 0 Å². The van der Waals surface area contributed by atoms with E-state index in [9.17, 15) is 9.59 Å². The van der Waals surface area contributed by atoms with E-state index in [1.54, 1.807) is 44.2 Å². The van der Waals surface area contributed by atoms with Gasteiger partial charge in [0.25, 0.3) is 0 Å². The number of nitrogens with two attached hydrogens (primary N) is 1. The molecule has 1 rings (SSSR count). The van der Waals surface area contributed by atoms with Gasteiger partial charge in [-0.1, -0.05) is 37.3 Å². The van der Waals surface area contributed by atoms with Crippen LogP contribution in [0.15, 0.2) is 41.5 Å². The summed E-state index contributed by atoms with van der Waals surface area (Å²) in [7, 11) is 0. The van der Waals surface area contributed by atoms with Crippen molar-refractivity contribution in [1.82, 2.24) is 0 Å². The summed E-state index contributed by atoms with van der Waals surface area (Å²) in [6, 6.07) is 7.73. The molecular weight excluding hydrogens is 230 g/mol. The molecule has 0 aliphatic heterocycles. The van der Waals surface area contributed by atoms with E-state index >= 15 is 0 Å². The second-order valence-electron chi connectivity index (χ2n) is 4.03. The van der Waals surface area contributed by atoms with Gasteiger partial charge in [-0.15, -0.1) is 0 Å². The van der Waals surface area contributed by atoms with Gasteiger partial charge in [-0.05, 0) is 18.9 Å². The van der Waals surface area contributed by atoms with Gasteiger partial charge in [0, 0.05) is 11.1 Å². The van der Waals surface area contributed by atoms with E-state index in [1.165, 1.54) is 0 Å². The van der Waals surface area contributed by atoms with E-state index in [0.717, 1.165) is 0 Å². The highest BCUT2D eigenvalue weighted by atomic mass is 16.4. The zero-order valence-electron chi connectivity index (χ0n) is 10.5. The fourth-order valence-corrected chi connectivity index (χ4v) is 1.77. The lowest BCUT2D eigenvalue weighted by Crippen LogP contribution is -2.33. The van der Waals surface area contributed by atoms with E-state index in [0.29, 0.717) is 17.6 Å². The number of hydrogen-bond donors (Lipinski definition) is 2. The Balaban J connectivity index is 3.04. The average molecular weight is 247 g/mol. The van der Waals surface area contributed by atoms with Crippen LogP contribution in [0.2, 0.25) is 0 Å². The number of carboxylic acid groups (broad SMARTS) is 1. The molecule has 1 aromatic carbocycles. The monoisotopic (exact) mass is 247 g/mol. The number of carbonyl (C=O) groups excluding carboxylic acids is 1. The van der Waals surface area contributed by atoms with Gasteiger partial charge in [0.1, 0.15) is 0 Å². The van der Waals surface area contributed by atoms with Gasteiger partial charge in [-0.3, -0.25) is 4.79 Å². The summed E-state index contributed by atoms with van der Waals surface area (Å²) in [6.07, 6.45) is 0.344. The largest absolute Gasteiger partial charge is 0.478 e. The van der Waals surface area contributed by atoms with Crippen molar-refractivity contribution in [3.8, 4) is 0 Å². The molecule has 0 aliphatic carbocycles. The number of ketones is 1. The second-order valence-corrected chi connectivity index (χ2v) is 4.03. The number of carboxylic acids is 1. The maximum absolute atomic E-state index is 12.1. The highest BCUT2D eigenvalue weighted by Crippen LogP contribution is 2.15. The molecule has 0 saturated carbocycles. The van der Waals surface area contributed by atoms with Crippen LogP contribution in [-0.2, 0) is 4.79 Å². The SMILES string of the molecule is CCC(C(=O)O)=C(C)C(N)C(=O)c1ccccc1. The lowest BCUT2D eigenvalue weighted by atomic mass is 9.94. The van der Waals surface area contributed by atoms with E-state index in [1.807, 2.05) is 0 Å². The molecule has 0 spiro atoms. The van der Waals surface area contributed by atoms with Gasteiger partial charge in [0.2, 0.25) is 0 Å². The molecule has 0 saturated heterocycles. The van der Waals surface area contributed by atoms with Crippen molar-refractivity contribution in [1.29, 1.82) is 0 Å². The summed E-state index contributed by atoms with van der Waals surface area (Å²) in [5.41, 5.74) is 6.94. The van der Waals surface area contributed by atoms with Gasteiger partial charge >= 0.3 is 5.97 Å². The van der Waals surface area contributed by atoms with Crippen LogP contribution in [0.4, 0.5) is 0 Å². The van der Waals surface area contributed by atoms with E-state index in [4.69, 9.17) is 10.8 Å². The number of aliphatic carboxylic acids is 1. The quantitative estimate of drug-likeness (QED) is 0.616. The molecule has 0 aliphatic rings. The van der Waals surface area contributed by atoms with Gasteiger partial charge in [0.05, 0.1) is 6.04 Å². The smallest absolute Gasteiger partial charge is 0.331 e. The second kappa shape index (κ2) is 6.12. The molecule has 96 valence electrons. The molecule has 18 heavy (non-hydrogen) atoms. The number of hydrogen-bond acceptors (Lipinski definition) is 3. The fourth-order valence-electron chi connectivity index (χ4n) is 1.77. The standard InChI is InChI=1S/C14H17NO3/c1-3-11(14(17)18)9(2)12(15)13(16)10-7-5-4-6-8-10/h4-8,12H,3,15H2,1-2H3,(H,17,18). The van der Waals surface area contributed by atoms with Crippen LogP contribution in [0, 0.1) is 0 Å². The maximum Gasteiger partial charge on any atom is 0.331 e. The predicted molar refractivity (Wildman–Crippen MR) is 69.4 cm³/mol. The summed E-state index contributed by atoms with van der Waals surface area (Å²) in [4.78, 5) is 23.1. The van der Waals surface area contributed by atoms with Crippen molar-refractivity contribution in [3.05, 3.63) is 47.0 Å². The molecule has 0 heterocycles. The molecule has 3 N–H and O–H groups in total. The highest BCUT2D eigenvalue weighted by Gasteiger charge is 2.21. The van der Waals surface area contributed by atoms with Crippen LogP contribution >= 0.6 is 0 Å². The molecule has 0 aromatic heterocycles. The molecule has 0 fully saturated rings. The average Bonchev–Trinajstić information content (AvgIpc) is 2.38. The number of benzene rings is 1. The third-order valence-corrected chi connectivity index (χ3v) is 2.90. The first-order valence-electron chi connectivity index (χ1n) is 5.76. The summed E-state index contributed by atoms with van der Waals surface area (Å²) in [5, 5.41) is 9.02. The van der Waals surface area contributed by atoms with Crippen molar-refractivity contribution < 1.29 is 14.7 Å². The molecule has 1 aromatic rings. The van der Waals surface area contributed by atoms with E-state index < -0.39 is 12.0 Å². The number of Topliss-reactive ketones (excluding diaryl/α,β-unsaturated/α-hetero) is 1. The minimum Gasteiger partial charge on any atom is -0.478 e. The Morgan fingerprint density at radius 2 is 1.83 bits per heavy atom. The van der Waals surface area contributed by atoms with Gasteiger partial charge in [-0.2, -0.15) is 0 Å². The van der Waals surface area contributed by atoms with E-state index in [2.05, 4.69) is 0 Å². The maximum atomic E-state index is 12.1. The van der Waals surface area contributed by atoms with Crippen molar-refractivity contribution in [2.24, 2.45) is 5.73 Å². The first-order chi connectivity index (χ1) is 8.49. The van der Waals surface area contributed by atoms with Gasteiger partial charge < -0.3 is 10.8 Å². The Morgan fingerprint density at radius 1 is 1.28 bits per heavy atom. The van der Waals surface area contributed by atoms with Crippen molar-refractivity contribution in [2.45, 2.75) is 26.3 Å². The third-order valence-electron chi connectivity index (χ3n) is 2.90. The van der Waals surface area contributed by atoms with Crippen molar-refractivity contribution >= 4 is 11.8 Å². The summed E-state index contributed by atoms with van der Waals surface area (Å²) < 4.78 is 0. The lowest BCUT2D eigenvalue weighted by molar-refractivity contribution is -0.132. The lowest BCUT2D eigenvalue weighted by Gasteiger charge is -2.14. The van der Waals surface area contributed by atoms with Gasteiger partial charge in [0.15, 0.2) is 5.78 Å². The Kier molecular flexibility index (Phi) is 4.80. The Hall–Kier alpha value is -1.94. The molecule has 4 nitrogen and oxygen atoms in total. The molecule has 0 radical (unpaired) electrons. The van der Waals surface area contributed by atoms with Crippen molar-refractivity contribution in [2.75, 3.05) is 0 Å². The van der Waals surface area contributed by atoms with Crippen LogP contribution in [0.1, 0.15) is 30.6 Å². The zero-order chi connectivity index (χ0) is 13.7. The molecular formula is C14H17NO3. The molecule has 4 heteroatoms. The predicted octanol–water partition coefficient (Wildman–Crippen LogP) is 2.01. The molecule has 1 atom stereocenters. The first-order valence-corrected chi connectivity index (χ1v) is 5.76. The third kappa shape index (κ3) is 3.05. The van der Waals surface area contributed by atoms with Crippen molar-refractivity contribution in [3.63, 3.8) is 0 Å². The summed E-state index contributed by atoms with van der Waals surface area (Å²) in [6.45, 7) is 3.32. The summed E-state index contributed by atoms with van der Waals surface area (Å²) in [5.74, 6) is -1.29. The number of rotatable bonds is 5. The van der Waals surface area contributed by atoms with Crippen LogP contribution in [0.3, 0.4) is 0 Å². The van der Waals surface area contributed by atoms with Crippen LogP contribution in [-0.4, -0.2) is 22.9 Å². The molecule has 0 amide bonds. The minimum absolute atomic E-state index is 0.201. The summed E-state index contributed by atoms with van der Waals surface area (Å²) >= 11 is 0. The Labute approximate surface area is 106 Å². The minimum atomic E-state index is -1.02. The van der Waals surface area contributed by atoms with Gasteiger partial charge in [-0.25, -0.2) is 4.79 Å². The topological polar surface area (TPSA) is 80.4 Å². The fraction of sp³-hybridized carbons (Fsp3) is 0.286. The zero-order valence-corrected chi connectivity index (χ0v) is 10.5. The normalized spacial score (nSPS) is 13.7. The number of carbonyl (C=O) groups is 2. The van der Waals surface area contributed by atoms with E-state index in [-0.39, 0.29) is 11.4 Å².